The largest absolute Gasteiger partial charge is 0.497 e. The van der Waals surface area contributed by atoms with E-state index < -0.39 is 0 Å². The van der Waals surface area contributed by atoms with Crippen molar-refractivity contribution in [2.45, 2.75) is 12.8 Å². The van der Waals surface area contributed by atoms with Crippen molar-refractivity contribution < 1.29 is 14.2 Å². The van der Waals surface area contributed by atoms with Gasteiger partial charge in [-0.05, 0) is 61.2 Å². The standard InChI is InChI=1S/C26H33N3O4/c1-31-17-5-12-27-11-4-13-28(16-15-27)24-9-6-21(19-25(24)33-3)29-14-10-20-18-22(32-2)7-8-23(20)26(29)30/h6-10,14,18-19H,4-5,11-13,15-17H2,1-3H3. The molecule has 2 aromatic carbocycles. The molecule has 0 spiro atoms. The third-order valence-corrected chi connectivity index (χ3v) is 6.30. The summed E-state index contributed by atoms with van der Waals surface area (Å²) in [6.45, 7) is 5.90. The van der Waals surface area contributed by atoms with Crippen molar-refractivity contribution in [1.82, 2.24) is 9.47 Å². The first-order valence-electron chi connectivity index (χ1n) is 11.5. The summed E-state index contributed by atoms with van der Waals surface area (Å²) in [7, 11) is 5.07. The van der Waals surface area contributed by atoms with Crippen LogP contribution in [0.5, 0.6) is 11.5 Å². The molecule has 2 heterocycles. The number of methoxy groups -OCH3 is 3. The van der Waals surface area contributed by atoms with Crippen LogP contribution in [0.3, 0.4) is 0 Å². The van der Waals surface area contributed by atoms with E-state index in [1.54, 1.807) is 25.9 Å². The van der Waals surface area contributed by atoms with Crippen LogP contribution in [-0.4, -0.2) is 70.1 Å². The zero-order valence-electron chi connectivity index (χ0n) is 19.8. The van der Waals surface area contributed by atoms with Gasteiger partial charge in [0.1, 0.15) is 11.5 Å². The van der Waals surface area contributed by atoms with Crippen LogP contribution >= 0.6 is 0 Å². The number of benzene rings is 2. The average Bonchev–Trinajstić information content (AvgIpc) is 3.09. The van der Waals surface area contributed by atoms with E-state index in [4.69, 9.17) is 14.2 Å². The van der Waals surface area contributed by atoms with Crippen LogP contribution in [0.15, 0.2) is 53.5 Å². The lowest BCUT2D eigenvalue weighted by atomic mass is 10.1. The van der Waals surface area contributed by atoms with E-state index in [-0.39, 0.29) is 5.56 Å². The number of pyridine rings is 1. The Labute approximate surface area is 195 Å². The maximum Gasteiger partial charge on any atom is 0.262 e. The molecule has 0 radical (unpaired) electrons. The van der Waals surface area contributed by atoms with Crippen molar-refractivity contribution in [3.05, 3.63) is 59.0 Å². The SMILES string of the molecule is COCCCN1CCCN(c2ccc(-n3ccc4cc(OC)ccc4c3=O)cc2OC)CC1. The molecule has 1 aliphatic rings. The fourth-order valence-corrected chi connectivity index (χ4v) is 4.50. The summed E-state index contributed by atoms with van der Waals surface area (Å²) in [5.74, 6) is 1.52. The molecule has 1 aliphatic heterocycles. The Morgan fingerprint density at radius 3 is 2.58 bits per heavy atom. The summed E-state index contributed by atoms with van der Waals surface area (Å²) in [5.41, 5.74) is 1.79. The summed E-state index contributed by atoms with van der Waals surface area (Å²) in [6, 6.07) is 13.5. The van der Waals surface area contributed by atoms with E-state index in [0.717, 1.165) is 80.4 Å². The quantitative estimate of drug-likeness (QED) is 0.488. The second kappa shape index (κ2) is 10.7. The summed E-state index contributed by atoms with van der Waals surface area (Å²) in [5, 5.41) is 1.52. The van der Waals surface area contributed by atoms with Crippen LogP contribution in [0.4, 0.5) is 5.69 Å². The minimum atomic E-state index is -0.0635. The van der Waals surface area contributed by atoms with E-state index in [1.165, 1.54) is 0 Å². The van der Waals surface area contributed by atoms with E-state index in [9.17, 15) is 4.79 Å². The van der Waals surface area contributed by atoms with Gasteiger partial charge in [0.25, 0.3) is 5.56 Å². The highest BCUT2D eigenvalue weighted by molar-refractivity contribution is 5.83. The minimum Gasteiger partial charge on any atom is -0.497 e. The lowest BCUT2D eigenvalue weighted by Crippen LogP contribution is -2.32. The number of ether oxygens (including phenoxy) is 3. The summed E-state index contributed by atoms with van der Waals surface area (Å²) >= 11 is 0. The maximum atomic E-state index is 13.2. The van der Waals surface area contributed by atoms with Crippen molar-refractivity contribution >= 4 is 16.5 Å². The maximum absolute atomic E-state index is 13.2. The third-order valence-electron chi connectivity index (χ3n) is 6.30. The molecule has 0 aliphatic carbocycles. The van der Waals surface area contributed by atoms with Gasteiger partial charge in [0.05, 0.1) is 25.6 Å². The van der Waals surface area contributed by atoms with Crippen molar-refractivity contribution in [2.24, 2.45) is 0 Å². The summed E-state index contributed by atoms with van der Waals surface area (Å²) < 4.78 is 17.9. The van der Waals surface area contributed by atoms with Gasteiger partial charge < -0.3 is 24.0 Å². The van der Waals surface area contributed by atoms with Gasteiger partial charge in [0.15, 0.2) is 0 Å². The number of aromatic nitrogens is 1. The number of fused-ring (bicyclic) bond motifs is 1. The first kappa shape index (κ1) is 23.1. The van der Waals surface area contributed by atoms with E-state index in [0.29, 0.717) is 5.39 Å². The highest BCUT2D eigenvalue weighted by Crippen LogP contribution is 2.31. The molecule has 0 atom stereocenters. The van der Waals surface area contributed by atoms with Gasteiger partial charge in [-0.1, -0.05) is 0 Å². The molecule has 1 fully saturated rings. The van der Waals surface area contributed by atoms with Crippen LogP contribution < -0.4 is 19.9 Å². The van der Waals surface area contributed by atoms with Gasteiger partial charge in [-0.3, -0.25) is 9.36 Å². The molecule has 0 bridgehead atoms. The van der Waals surface area contributed by atoms with Gasteiger partial charge in [-0.15, -0.1) is 0 Å². The Bertz CT molecular complexity index is 1140. The second-order valence-corrected chi connectivity index (χ2v) is 8.33. The number of hydrogen-bond acceptors (Lipinski definition) is 6. The van der Waals surface area contributed by atoms with Gasteiger partial charge in [0.2, 0.25) is 0 Å². The average molecular weight is 452 g/mol. The fourth-order valence-electron chi connectivity index (χ4n) is 4.50. The summed E-state index contributed by atoms with van der Waals surface area (Å²) in [6.07, 6.45) is 3.97. The van der Waals surface area contributed by atoms with Crippen LogP contribution in [0.25, 0.3) is 16.5 Å². The zero-order valence-corrected chi connectivity index (χ0v) is 19.8. The first-order valence-corrected chi connectivity index (χ1v) is 11.5. The number of rotatable bonds is 8. The van der Waals surface area contributed by atoms with Gasteiger partial charge in [-0.25, -0.2) is 0 Å². The van der Waals surface area contributed by atoms with E-state index in [2.05, 4.69) is 15.9 Å². The Morgan fingerprint density at radius 1 is 0.909 bits per heavy atom. The van der Waals surface area contributed by atoms with Gasteiger partial charge in [-0.2, -0.15) is 0 Å². The topological polar surface area (TPSA) is 56.2 Å². The van der Waals surface area contributed by atoms with Crippen molar-refractivity contribution in [3.63, 3.8) is 0 Å². The van der Waals surface area contributed by atoms with E-state index >= 15 is 0 Å². The Hall–Kier alpha value is -3.03. The lowest BCUT2D eigenvalue weighted by molar-refractivity contribution is 0.174. The van der Waals surface area contributed by atoms with Gasteiger partial charge in [0, 0.05) is 57.5 Å². The van der Waals surface area contributed by atoms with Crippen LogP contribution in [0.1, 0.15) is 12.8 Å². The Kier molecular flexibility index (Phi) is 7.52. The molecule has 7 nitrogen and oxygen atoms in total. The van der Waals surface area contributed by atoms with Crippen molar-refractivity contribution in [2.75, 3.05) is 65.6 Å². The Morgan fingerprint density at radius 2 is 1.79 bits per heavy atom. The molecule has 0 unspecified atom stereocenters. The van der Waals surface area contributed by atoms with Crippen molar-refractivity contribution in [1.29, 1.82) is 0 Å². The predicted octanol–water partition coefficient (Wildman–Crippen LogP) is 3.56. The fraction of sp³-hybridized carbons (Fsp3) is 0.423. The highest BCUT2D eigenvalue weighted by atomic mass is 16.5. The molecular weight excluding hydrogens is 418 g/mol. The number of nitrogens with zero attached hydrogens (tertiary/aromatic N) is 3. The van der Waals surface area contributed by atoms with Crippen LogP contribution in [0, 0.1) is 0 Å². The van der Waals surface area contributed by atoms with Gasteiger partial charge >= 0.3 is 0 Å². The smallest absolute Gasteiger partial charge is 0.262 e. The van der Waals surface area contributed by atoms with Crippen LogP contribution in [-0.2, 0) is 4.74 Å². The molecule has 7 heteroatoms. The molecule has 0 saturated carbocycles. The molecule has 33 heavy (non-hydrogen) atoms. The predicted molar refractivity (Wildman–Crippen MR) is 132 cm³/mol. The molecule has 0 N–H and O–H groups in total. The molecule has 176 valence electrons. The van der Waals surface area contributed by atoms with Crippen molar-refractivity contribution in [3.8, 4) is 17.2 Å². The van der Waals surface area contributed by atoms with E-state index in [1.807, 2.05) is 42.6 Å². The number of hydrogen-bond donors (Lipinski definition) is 0. The molecule has 3 aromatic rings. The first-order chi connectivity index (χ1) is 16.1. The third kappa shape index (κ3) is 5.15. The molecule has 1 saturated heterocycles. The Balaban J connectivity index is 1.57. The monoisotopic (exact) mass is 451 g/mol. The lowest BCUT2D eigenvalue weighted by Gasteiger charge is -2.26. The second-order valence-electron chi connectivity index (χ2n) is 8.33. The van der Waals surface area contributed by atoms with Crippen LogP contribution in [0.2, 0.25) is 0 Å². The number of anilines is 1. The molecule has 1 aromatic heterocycles. The normalized spacial score (nSPS) is 14.9. The highest BCUT2D eigenvalue weighted by Gasteiger charge is 2.18. The zero-order chi connectivity index (χ0) is 23.2. The molecule has 0 amide bonds. The summed E-state index contributed by atoms with van der Waals surface area (Å²) in [4.78, 5) is 18.0. The molecular formula is C26H33N3O4. The molecule has 4 rings (SSSR count). The minimum absolute atomic E-state index is 0.0635.